The molecule has 96 valence electrons. The number of nitrogens with zero attached hydrogens (tertiary/aromatic N) is 2. The van der Waals surface area contributed by atoms with E-state index >= 15 is 0 Å². The standard InChI is InChI=1S/C15H15N3O/c1-3-16-15-17-8-7-12(18-15)13-9-11-6-4-5-10(2)14(11)19-13/h4-9H,3H2,1-2H3,(H,16,17,18). The Morgan fingerprint density at radius 1 is 1.26 bits per heavy atom. The summed E-state index contributed by atoms with van der Waals surface area (Å²) >= 11 is 0. The lowest BCUT2D eigenvalue weighted by molar-refractivity contribution is 0.626. The second-order valence-electron chi connectivity index (χ2n) is 4.40. The predicted octanol–water partition coefficient (Wildman–Crippen LogP) is 3.63. The Bertz CT molecular complexity index is 718. The van der Waals surface area contributed by atoms with Crippen molar-refractivity contribution >= 4 is 16.9 Å². The van der Waals surface area contributed by atoms with Crippen molar-refractivity contribution < 1.29 is 4.42 Å². The van der Waals surface area contributed by atoms with Gasteiger partial charge in [0.25, 0.3) is 0 Å². The third-order valence-electron chi connectivity index (χ3n) is 2.98. The molecule has 0 bridgehead atoms. The van der Waals surface area contributed by atoms with Crippen LogP contribution in [0.2, 0.25) is 0 Å². The third-order valence-corrected chi connectivity index (χ3v) is 2.98. The SMILES string of the molecule is CCNc1nccc(-c2cc3cccc(C)c3o2)n1. The van der Waals surface area contributed by atoms with Crippen LogP contribution in [0.15, 0.2) is 40.9 Å². The molecule has 0 aliphatic rings. The van der Waals surface area contributed by atoms with Gasteiger partial charge in [0.2, 0.25) is 5.95 Å². The van der Waals surface area contributed by atoms with Gasteiger partial charge >= 0.3 is 0 Å². The number of hydrogen-bond donors (Lipinski definition) is 1. The Kier molecular flexibility index (Phi) is 2.91. The molecule has 1 N–H and O–H groups in total. The van der Waals surface area contributed by atoms with E-state index in [0.29, 0.717) is 5.95 Å². The number of hydrogen-bond acceptors (Lipinski definition) is 4. The van der Waals surface area contributed by atoms with Crippen LogP contribution in [-0.4, -0.2) is 16.5 Å². The molecule has 0 saturated heterocycles. The highest BCUT2D eigenvalue weighted by Crippen LogP contribution is 2.28. The van der Waals surface area contributed by atoms with Gasteiger partial charge in [0, 0.05) is 18.1 Å². The Labute approximate surface area is 111 Å². The van der Waals surface area contributed by atoms with Crippen molar-refractivity contribution in [3.63, 3.8) is 0 Å². The molecule has 0 aliphatic heterocycles. The number of rotatable bonds is 3. The van der Waals surface area contributed by atoms with Crippen LogP contribution in [-0.2, 0) is 0 Å². The molecule has 0 spiro atoms. The number of aryl methyl sites for hydroxylation is 1. The highest BCUT2D eigenvalue weighted by Gasteiger charge is 2.09. The van der Waals surface area contributed by atoms with Gasteiger partial charge in [0.1, 0.15) is 11.3 Å². The molecule has 0 unspecified atom stereocenters. The molecule has 4 heteroatoms. The van der Waals surface area contributed by atoms with E-state index in [1.165, 1.54) is 0 Å². The van der Waals surface area contributed by atoms with Crippen LogP contribution >= 0.6 is 0 Å². The molecule has 0 atom stereocenters. The number of benzene rings is 1. The van der Waals surface area contributed by atoms with Crippen molar-refractivity contribution in [3.05, 3.63) is 42.1 Å². The molecule has 19 heavy (non-hydrogen) atoms. The normalized spacial score (nSPS) is 10.8. The minimum Gasteiger partial charge on any atom is -0.454 e. The van der Waals surface area contributed by atoms with Gasteiger partial charge in [0.05, 0.1) is 0 Å². The summed E-state index contributed by atoms with van der Waals surface area (Å²) in [6.45, 7) is 4.85. The summed E-state index contributed by atoms with van der Waals surface area (Å²) in [5.74, 6) is 1.39. The Balaban J connectivity index is 2.08. The molecule has 0 radical (unpaired) electrons. The first-order chi connectivity index (χ1) is 9.28. The van der Waals surface area contributed by atoms with Crippen LogP contribution in [0.4, 0.5) is 5.95 Å². The first-order valence-electron chi connectivity index (χ1n) is 6.34. The van der Waals surface area contributed by atoms with E-state index in [4.69, 9.17) is 4.42 Å². The van der Waals surface area contributed by atoms with Crippen molar-refractivity contribution in [2.24, 2.45) is 0 Å². The van der Waals surface area contributed by atoms with Crippen molar-refractivity contribution in [1.29, 1.82) is 0 Å². The van der Waals surface area contributed by atoms with E-state index in [1.807, 2.05) is 44.2 Å². The molecule has 0 saturated carbocycles. The summed E-state index contributed by atoms with van der Waals surface area (Å²) in [6, 6.07) is 9.98. The van der Waals surface area contributed by atoms with Crippen LogP contribution in [0.1, 0.15) is 12.5 Å². The maximum absolute atomic E-state index is 5.90. The fraction of sp³-hybridized carbons (Fsp3) is 0.200. The maximum atomic E-state index is 5.90. The number of furan rings is 1. The zero-order chi connectivity index (χ0) is 13.2. The maximum Gasteiger partial charge on any atom is 0.223 e. The molecular weight excluding hydrogens is 238 g/mol. The molecule has 2 aromatic heterocycles. The lowest BCUT2D eigenvalue weighted by Gasteiger charge is -2.01. The topological polar surface area (TPSA) is 51.0 Å². The number of para-hydroxylation sites is 1. The Morgan fingerprint density at radius 2 is 2.16 bits per heavy atom. The fourth-order valence-corrected chi connectivity index (χ4v) is 2.07. The van der Waals surface area contributed by atoms with Crippen molar-refractivity contribution in [1.82, 2.24) is 9.97 Å². The Morgan fingerprint density at radius 3 is 2.95 bits per heavy atom. The molecule has 0 amide bonds. The number of aromatic nitrogens is 2. The van der Waals surface area contributed by atoms with Crippen LogP contribution in [0.25, 0.3) is 22.4 Å². The first kappa shape index (κ1) is 11.7. The van der Waals surface area contributed by atoms with Crippen LogP contribution in [0.3, 0.4) is 0 Å². The van der Waals surface area contributed by atoms with Crippen molar-refractivity contribution in [2.75, 3.05) is 11.9 Å². The second-order valence-corrected chi connectivity index (χ2v) is 4.40. The van der Waals surface area contributed by atoms with E-state index in [-0.39, 0.29) is 0 Å². The van der Waals surface area contributed by atoms with Crippen LogP contribution in [0, 0.1) is 6.92 Å². The van der Waals surface area contributed by atoms with E-state index in [0.717, 1.165) is 34.5 Å². The minimum atomic E-state index is 0.622. The first-order valence-corrected chi connectivity index (χ1v) is 6.34. The summed E-state index contributed by atoms with van der Waals surface area (Å²) < 4.78 is 5.90. The van der Waals surface area contributed by atoms with Gasteiger partial charge in [-0.05, 0) is 31.5 Å². The highest BCUT2D eigenvalue weighted by molar-refractivity contribution is 5.84. The number of anilines is 1. The average Bonchev–Trinajstić information content (AvgIpc) is 2.85. The van der Waals surface area contributed by atoms with E-state index < -0.39 is 0 Å². The molecular formula is C15H15N3O. The fourth-order valence-electron chi connectivity index (χ4n) is 2.07. The van der Waals surface area contributed by atoms with Crippen LogP contribution in [0.5, 0.6) is 0 Å². The Hall–Kier alpha value is -2.36. The van der Waals surface area contributed by atoms with Gasteiger partial charge in [-0.15, -0.1) is 0 Å². The van der Waals surface area contributed by atoms with E-state index in [9.17, 15) is 0 Å². The van der Waals surface area contributed by atoms with Crippen molar-refractivity contribution in [2.45, 2.75) is 13.8 Å². The number of nitrogens with one attached hydrogen (secondary N) is 1. The third kappa shape index (κ3) is 2.17. The van der Waals surface area contributed by atoms with E-state index in [1.54, 1.807) is 6.20 Å². The highest BCUT2D eigenvalue weighted by atomic mass is 16.3. The van der Waals surface area contributed by atoms with E-state index in [2.05, 4.69) is 15.3 Å². The monoisotopic (exact) mass is 253 g/mol. The molecule has 0 aliphatic carbocycles. The molecule has 2 heterocycles. The smallest absolute Gasteiger partial charge is 0.223 e. The second kappa shape index (κ2) is 4.72. The van der Waals surface area contributed by atoms with Crippen LogP contribution < -0.4 is 5.32 Å². The molecule has 3 aromatic rings. The van der Waals surface area contributed by atoms with Gasteiger partial charge in [-0.25, -0.2) is 9.97 Å². The van der Waals surface area contributed by atoms with Crippen molar-refractivity contribution in [3.8, 4) is 11.5 Å². The zero-order valence-electron chi connectivity index (χ0n) is 11.0. The predicted molar refractivity (Wildman–Crippen MR) is 76.1 cm³/mol. The summed E-state index contributed by atoms with van der Waals surface area (Å²) in [5.41, 5.74) is 2.84. The van der Waals surface area contributed by atoms with Gasteiger partial charge in [0.15, 0.2) is 5.76 Å². The van der Waals surface area contributed by atoms with Gasteiger partial charge < -0.3 is 9.73 Å². The summed E-state index contributed by atoms with van der Waals surface area (Å²) in [7, 11) is 0. The van der Waals surface area contributed by atoms with Gasteiger partial charge in [-0.3, -0.25) is 0 Å². The lowest BCUT2D eigenvalue weighted by atomic mass is 10.2. The molecule has 1 aromatic carbocycles. The summed E-state index contributed by atoms with van der Waals surface area (Å²) in [5, 5.41) is 4.19. The molecule has 3 rings (SSSR count). The average molecular weight is 253 g/mol. The molecule has 4 nitrogen and oxygen atoms in total. The molecule has 0 fully saturated rings. The quantitative estimate of drug-likeness (QED) is 0.774. The number of fused-ring (bicyclic) bond motifs is 1. The minimum absolute atomic E-state index is 0.622. The largest absolute Gasteiger partial charge is 0.454 e. The summed E-state index contributed by atoms with van der Waals surface area (Å²) in [6.07, 6.45) is 1.74. The lowest BCUT2D eigenvalue weighted by Crippen LogP contribution is -2.01. The van der Waals surface area contributed by atoms with Gasteiger partial charge in [-0.2, -0.15) is 0 Å². The van der Waals surface area contributed by atoms with Gasteiger partial charge in [-0.1, -0.05) is 18.2 Å². The summed E-state index contributed by atoms with van der Waals surface area (Å²) in [4.78, 5) is 8.60. The zero-order valence-corrected chi connectivity index (χ0v) is 11.0.